The Morgan fingerprint density at radius 2 is 2.03 bits per heavy atom. The van der Waals surface area contributed by atoms with Gasteiger partial charge in [0.1, 0.15) is 0 Å². The van der Waals surface area contributed by atoms with Crippen LogP contribution in [0, 0.1) is 12.8 Å². The minimum absolute atomic E-state index is 0.141. The van der Waals surface area contributed by atoms with Crippen molar-refractivity contribution in [1.29, 1.82) is 0 Å². The summed E-state index contributed by atoms with van der Waals surface area (Å²) < 4.78 is 5.33. The summed E-state index contributed by atoms with van der Waals surface area (Å²) in [6.45, 7) is 6.16. The van der Waals surface area contributed by atoms with E-state index in [1.54, 1.807) is 4.90 Å². The lowest BCUT2D eigenvalue weighted by Crippen LogP contribution is -2.39. The number of aromatic nitrogens is 1. The number of hydrogen-bond donors (Lipinski definition) is 1. The van der Waals surface area contributed by atoms with Gasteiger partial charge in [-0.2, -0.15) is 0 Å². The molecule has 1 N–H and O–H groups in total. The molecule has 5 nitrogen and oxygen atoms in total. The molecule has 2 aromatic rings. The van der Waals surface area contributed by atoms with Crippen LogP contribution in [0.15, 0.2) is 16.9 Å². The van der Waals surface area contributed by atoms with Crippen LogP contribution in [0.5, 0.6) is 0 Å². The van der Waals surface area contributed by atoms with E-state index in [0.29, 0.717) is 53.3 Å². The minimum Gasteiger partial charge on any atom is -0.381 e. The topological polar surface area (TPSA) is 62.4 Å². The van der Waals surface area contributed by atoms with Crippen LogP contribution in [0.2, 0.25) is 10.0 Å². The number of amides is 1. The lowest BCUT2D eigenvalue weighted by atomic mass is 9.83. The number of carbonyl (C=O) groups excluding carboxylic acids is 1. The largest absolute Gasteiger partial charge is 0.381 e. The Kier molecular flexibility index (Phi) is 5.24. The predicted molar refractivity (Wildman–Crippen MR) is 122 cm³/mol. The lowest BCUT2D eigenvalue weighted by molar-refractivity contribution is -0.0423. The number of fused-ring (bicyclic) bond motifs is 2. The summed E-state index contributed by atoms with van der Waals surface area (Å²) >= 11 is 13.4. The molecule has 0 saturated carbocycles. The zero-order chi connectivity index (χ0) is 21.9. The fourth-order valence-corrected chi connectivity index (χ4v) is 5.60. The van der Waals surface area contributed by atoms with Gasteiger partial charge in [0.05, 0.1) is 30.3 Å². The molecule has 1 atom stereocenters. The second kappa shape index (κ2) is 7.80. The SMILES string of the molecule is Cc1[nH]c(=O)c(CN2CCc3c(Cl)cc(C(C)C4COC4)c(Cl)c3C2=O)c2c1CC=C2. The molecule has 7 heteroatoms. The first-order chi connectivity index (χ1) is 14.9. The van der Waals surface area contributed by atoms with Crippen molar-refractivity contribution in [2.24, 2.45) is 5.92 Å². The van der Waals surface area contributed by atoms with E-state index >= 15 is 0 Å². The number of allylic oxidation sites excluding steroid dienone is 1. The standard InChI is InChI=1S/C24H24Cl2N2O3/c1-12(14-10-31-11-14)18-8-20(25)17-6-7-28(24(30)21(17)22(18)26)9-19-16-5-3-4-15(16)13(2)27-23(19)29/h3,5,8,12,14H,4,6-7,9-11H2,1-2H3,(H,27,29). The number of nitrogens with zero attached hydrogens (tertiary/aromatic N) is 1. The first kappa shape index (κ1) is 20.8. The third-order valence-electron chi connectivity index (χ3n) is 6.97. The summed E-state index contributed by atoms with van der Waals surface area (Å²) in [5, 5.41) is 1.07. The van der Waals surface area contributed by atoms with E-state index in [2.05, 4.69) is 18.0 Å². The van der Waals surface area contributed by atoms with E-state index in [-0.39, 0.29) is 23.9 Å². The number of nitrogens with one attached hydrogen (secondary N) is 1. The molecule has 0 radical (unpaired) electrons. The number of aromatic amines is 1. The molecular weight excluding hydrogens is 435 g/mol. The lowest BCUT2D eigenvalue weighted by Gasteiger charge is -2.35. The average Bonchev–Trinajstić information content (AvgIpc) is 3.17. The van der Waals surface area contributed by atoms with E-state index in [4.69, 9.17) is 27.9 Å². The molecule has 1 aromatic carbocycles. The highest BCUT2D eigenvalue weighted by Gasteiger charge is 2.34. The molecule has 1 fully saturated rings. The number of pyridine rings is 1. The van der Waals surface area contributed by atoms with Crippen LogP contribution in [-0.4, -0.2) is 35.5 Å². The molecule has 1 saturated heterocycles. The summed E-state index contributed by atoms with van der Waals surface area (Å²) in [5.41, 5.74) is 5.62. The zero-order valence-corrected chi connectivity index (χ0v) is 19.1. The smallest absolute Gasteiger partial charge is 0.256 e. The van der Waals surface area contributed by atoms with Crippen LogP contribution in [0.25, 0.3) is 6.08 Å². The first-order valence-corrected chi connectivity index (χ1v) is 11.4. The number of rotatable bonds is 4. The van der Waals surface area contributed by atoms with Gasteiger partial charge in [-0.3, -0.25) is 9.59 Å². The Balaban J connectivity index is 1.51. The molecule has 31 heavy (non-hydrogen) atoms. The second-order valence-corrected chi connectivity index (χ2v) is 9.52. The van der Waals surface area contributed by atoms with E-state index in [9.17, 15) is 9.59 Å². The van der Waals surface area contributed by atoms with Crippen molar-refractivity contribution in [2.75, 3.05) is 19.8 Å². The Labute approximate surface area is 191 Å². The van der Waals surface area contributed by atoms with Gasteiger partial charge in [0, 0.05) is 28.7 Å². The zero-order valence-electron chi connectivity index (χ0n) is 17.6. The van der Waals surface area contributed by atoms with Crippen LogP contribution >= 0.6 is 23.2 Å². The van der Waals surface area contributed by atoms with Gasteiger partial charge in [-0.15, -0.1) is 0 Å². The van der Waals surface area contributed by atoms with Crippen LogP contribution in [0.4, 0.5) is 0 Å². The van der Waals surface area contributed by atoms with Crippen molar-refractivity contribution in [3.63, 3.8) is 0 Å². The van der Waals surface area contributed by atoms with Crippen molar-refractivity contribution in [2.45, 2.75) is 39.2 Å². The highest BCUT2D eigenvalue weighted by Crippen LogP contribution is 2.41. The Morgan fingerprint density at radius 3 is 2.74 bits per heavy atom. The fourth-order valence-electron chi connectivity index (χ4n) is 4.87. The Morgan fingerprint density at radius 1 is 1.26 bits per heavy atom. The van der Waals surface area contributed by atoms with Gasteiger partial charge < -0.3 is 14.6 Å². The Bertz CT molecular complexity index is 1180. The van der Waals surface area contributed by atoms with Crippen LogP contribution < -0.4 is 5.56 Å². The fraction of sp³-hybridized carbons (Fsp3) is 0.417. The molecule has 3 aliphatic rings. The maximum atomic E-state index is 13.5. The van der Waals surface area contributed by atoms with E-state index in [1.165, 1.54) is 0 Å². The number of carbonyl (C=O) groups is 1. The summed E-state index contributed by atoms with van der Waals surface area (Å²) in [6.07, 6.45) is 5.45. The predicted octanol–water partition coefficient (Wildman–Crippen LogP) is 4.51. The van der Waals surface area contributed by atoms with Crippen molar-refractivity contribution in [3.8, 4) is 0 Å². The monoisotopic (exact) mass is 458 g/mol. The number of halogens is 2. The highest BCUT2D eigenvalue weighted by molar-refractivity contribution is 6.37. The molecule has 1 aliphatic carbocycles. The Hall–Kier alpha value is -2.08. The van der Waals surface area contributed by atoms with Gasteiger partial charge in [0.25, 0.3) is 11.5 Å². The van der Waals surface area contributed by atoms with Gasteiger partial charge >= 0.3 is 0 Å². The van der Waals surface area contributed by atoms with E-state index in [1.807, 2.05) is 19.1 Å². The summed E-state index contributed by atoms with van der Waals surface area (Å²) in [4.78, 5) is 30.9. The van der Waals surface area contributed by atoms with E-state index < -0.39 is 0 Å². The second-order valence-electron chi connectivity index (χ2n) is 8.73. The molecule has 1 amide bonds. The maximum Gasteiger partial charge on any atom is 0.256 e. The van der Waals surface area contributed by atoms with Gasteiger partial charge in [-0.25, -0.2) is 0 Å². The molecule has 0 spiro atoms. The molecule has 162 valence electrons. The molecule has 2 aliphatic heterocycles. The number of aryl methyl sites for hydroxylation is 1. The first-order valence-electron chi connectivity index (χ1n) is 10.7. The molecular formula is C24H24Cl2N2O3. The molecule has 0 bridgehead atoms. The normalized spacial score (nSPS) is 18.7. The van der Waals surface area contributed by atoms with Crippen LogP contribution in [0.1, 0.15) is 56.7 Å². The quantitative estimate of drug-likeness (QED) is 0.732. The molecule has 1 unspecified atom stereocenters. The van der Waals surface area contributed by atoms with E-state index in [0.717, 1.165) is 34.4 Å². The minimum atomic E-state index is -0.164. The van der Waals surface area contributed by atoms with Crippen LogP contribution in [-0.2, 0) is 24.1 Å². The van der Waals surface area contributed by atoms with Gasteiger partial charge in [-0.1, -0.05) is 42.3 Å². The summed E-state index contributed by atoms with van der Waals surface area (Å²) in [5.74, 6) is 0.366. The third-order valence-corrected chi connectivity index (χ3v) is 7.72. The number of hydrogen-bond acceptors (Lipinski definition) is 3. The number of ether oxygens (including phenoxy) is 1. The highest BCUT2D eigenvalue weighted by atomic mass is 35.5. The van der Waals surface area contributed by atoms with Crippen LogP contribution in [0.3, 0.4) is 0 Å². The molecule has 3 heterocycles. The van der Waals surface area contributed by atoms with Crippen molar-refractivity contribution < 1.29 is 9.53 Å². The van der Waals surface area contributed by atoms with Crippen molar-refractivity contribution >= 4 is 35.2 Å². The summed E-state index contributed by atoms with van der Waals surface area (Å²) in [6, 6.07) is 1.91. The number of H-pyrrole nitrogens is 1. The van der Waals surface area contributed by atoms with Gasteiger partial charge in [0.15, 0.2) is 0 Å². The summed E-state index contributed by atoms with van der Waals surface area (Å²) in [7, 11) is 0. The van der Waals surface area contributed by atoms with Gasteiger partial charge in [0.2, 0.25) is 0 Å². The average molecular weight is 459 g/mol. The maximum absolute atomic E-state index is 13.5. The molecule has 5 rings (SSSR count). The number of benzene rings is 1. The third kappa shape index (κ3) is 3.34. The van der Waals surface area contributed by atoms with Gasteiger partial charge in [-0.05, 0) is 54.0 Å². The molecule has 1 aromatic heterocycles. The van der Waals surface area contributed by atoms with Crippen molar-refractivity contribution in [3.05, 3.63) is 71.6 Å². The van der Waals surface area contributed by atoms with Crippen molar-refractivity contribution in [1.82, 2.24) is 9.88 Å².